The van der Waals surface area contributed by atoms with Crippen molar-refractivity contribution in [2.45, 2.75) is 0 Å². The van der Waals surface area contributed by atoms with Gasteiger partial charge in [0.05, 0.1) is 15.7 Å². The van der Waals surface area contributed by atoms with E-state index in [1.54, 1.807) is 0 Å². The van der Waals surface area contributed by atoms with Gasteiger partial charge in [0.2, 0.25) is 0 Å². The average molecular weight is 426 g/mol. The van der Waals surface area contributed by atoms with Gasteiger partial charge < -0.3 is 4.57 Å². The van der Waals surface area contributed by atoms with Gasteiger partial charge in [-0.05, 0) is 29.3 Å². The number of nitrogens with zero attached hydrogens (tertiary/aromatic N) is 1. The lowest BCUT2D eigenvalue weighted by atomic mass is 10.0. The summed E-state index contributed by atoms with van der Waals surface area (Å²) in [5.41, 5.74) is 6.33. The third-order valence-electron chi connectivity index (χ3n) is 6.40. The van der Waals surface area contributed by atoms with Crippen LogP contribution in [0.5, 0.6) is 0 Å². The Hall–Kier alpha value is -3.88. The summed E-state index contributed by atoms with van der Waals surface area (Å²) in [5.74, 6) is 0. The normalized spacial score (nSPS) is 11.8. The Bertz CT molecular complexity index is 1760. The first kappa shape index (κ1) is 17.8. The molecule has 0 radical (unpaired) electrons. The molecule has 0 amide bonds. The Balaban J connectivity index is 1.68. The van der Waals surface area contributed by atoms with E-state index < -0.39 is 0 Å². The third kappa shape index (κ3) is 2.44. The van der Waals surface area contributed by atoms with E-state index in [2.05, 4.69) is 120 Å². The van der Waals surface area contributed by atoms with Crippen molar-refractivity contribution in [3.8, 4) is 16.8 Å². The zero-order chi connectivity index (χ0) is 21.1. The summed E-state index contributed by atoms with van der Waals surface area (Å²) in [6.07, 6.45) is 0. The van der Waals surface area contributed by atoms with Gasteiger partial charge in [-0.2, -0.15) is 0 Å². The van der Waals surface area contributed by atoms with Crippen molar-refractivity contribution >= 4 is 53.3 Å². The van der Waals surface area contributed by atoms with Crippen LogP contribution >= 0.6 is 11.3 Å². The van der Waals surface area contributed by atoms with Gasteiger partial charge in [-0.1, -0.05) is 97.1 Å². The summed E-state index contributed by atoms with van der Waals surface area (Å²) >= 11 is 1.92. The van der Waals surface area contributed by atoms with E-state index in [9.17, 15) is 0 Å². The van der Waals surface area contributed by atoms with Crippen LogP contribution in [0.4, 0.5) is 0 Å². The van der Waals surface area contributed by atoms with E-state index in [1.165, 1.54) is 58.8 Å². The average Bonchev–Trinajstić information content (AvgIpc) is 3.41. The molecule has 32 heavy (non-hydrogen) atoms. The number of benzene rings is 5. The molecule has 7 aromatic rings. The molecule has 2 heterocycles. The lowest BCUT2D eigenvalue weighted by molar-refractivity contribution is 1.19. The maximum atomic E-state index is 2.44. The van der Waals surface area contributed by atoms with Crippen LogP contribution in [0.15, 0.2) is 115 Å². The molecule has 2 aromatic heterocycles. The molecule has 0 saturated heterocycles. The Morgan fingerprint density at radius 3 is 1.97 bits per heavy atom. The van der Waals surface area contributed by atoms with Crippen molar-refractivity contribution in [2.24, 2.45) is 0 Å². The number of aromatic nitrogens is 1. The highest BCUT2D eigenvalue weighted by Gasteiger charge is 2.18. The number of hydrogen-bond acceptors (Lipinski definition) is 1. The van der Waals surface area contributed by atoms with Gasteiger partial charge in [0.15, 0.2) is 0 Å². The number of para-hydroxylation sites is 2. The Kier molecular flexibility index (Phi) is 3.78. The molecule has 0 spiro atoms. The first-order valence-corrected chi connectivity index (χ1v) is 11.7. The van der Waals surface area contributed by atoms with Gasteiger partial charge in [-0.15, -0.1) is 11.3 Å². The number of rotatable bonds is 2. The SMILES string of the molecule is c1ccc(-c2cccc3c2sc2c3ccc3c4ccccc4n(-c4ccccc4)c32)cc1. The molecule has 0 bridgehead atoms. The number of hydrogen-bond donors (Lipinski definition) is 0. The van der Waals surface area contributed by atoms with Crippen LogP contribution in [-0.2, 0) is 0 Å². The molecular formula is C30H19NS. The fraction of sp³-hybridized carbons (Fsp3) is 0. The molecule has 0 fully saturated rings. The lowest BCUT2D eigenvalue weighted by Crippen LogP contribution is -1.92. The molecule has 0 aliphatic carbocycles. The van der Waals surface area contributed by atoms with Crippen LogP contribution in [-0.4, -0.2) is 4.57 Å². The molecule has 0 aliphatic rings. The van der Waals surface area contributed by atoms with Gasteiger partial charge in [0, 0.05) is 31.9 Å². The number of fused-ring (bicyclic) bond motifs is 7. The van der Waals surface area contributed by atoms with Crippen LogP contribution in [0.3, 0.4) is 0 Å². The van der Waals surface area contributed by atoms with Crippen molar-refractivity contribution < 1.29 is 0 Å². The monoisotopic (exact) mass is 425 g/mol. The van der Waals surface area contributed by atoms with Gasteiger partial charge in [-0.25, -0.2) is 0 Å². The smallest absolute Gasteiger partial charge is 0.0719 e. The molecule has 0 saturated carbocycles. The van der Waals surface area contributed by atoms with Gasteiger partial charge in [0.25, 0.3) is 0 Å². The molecule has 5 aromatic carbocycles. The predicted octanol–water partition coefficient (Wildman–Crippen LogP) is 8.82. The molecule has 0 N–H and O–H groups in total. The Morgan fingerprint density at radius 1 is 0.469 bits per heavy atom. The first-order chi connectivity index (χ1) is 15.9. The maximum absolute atomic E-state index is 2.44. The molecule has 2 heteroatoms. The second-order valence-electron chi connectivity index (χ2n) is 8.18. The third-order valence-corrected chi connectivity index (χ3v) is 7.66. The van der Waals surface area contributed by atoms with Crippen LogP contribution in [0.2, 0.25) is 0 Å². The van der Waals surface area contributed by atoms with Gasteiger partial charge >= 0.3 is 0 Å². The summed E-state index contributed by atoms with van der Waals surface area (Å²) in [6.45, 7) is 0. The molecule has 0 aliphatic heterocycles. The van der Waals surface area contributed by atoms with Crippen LogP contribution in [0.1, 0.15) is 0 Å². The quantitative estimate of drug-likeness (QED) is 0.261. The van der Waals surface area contributed by atoms with E-state index in [-0.39, 0.29) is 0 Å². The second-order valence-corrected chi connectivity index (χ2v) is 9.20. The molecule has 0 unspecified atom stereocenters. The van der Waals surface area contributed by atoms with Crippen molar-refractivity contribution in [2.75, 3.05) is 0 Å². The largest absolute Gasteiger partial charge is 0.308 e. The minimum absolute atomic E-state index is 1.20. The molecule has 1 nitrogen and oxygen atoms in total. The summed E-state index contributed by atoms with van der Waals surface area (Å²) in [4.78, 5) is 0. The summed E-state index contributed by atoms with van der Waals surface area (Å²) in [6, 6.07) is 41.5. The zero-order valence-corrected chi connectivity index (χ0v) is 18.1. The van der Waals surface area contributed by atoms with Crippen molar-refractivity contribution in [3.63, 3.8) is 0 Å². The summed E-state index contributed by atoms with van der Waals surface area (Å²) < 4.78 is 5.14. The molecule has 150 valence electrons. The molecule has 0 atom stereocenters. The zero-order valence-electron chi connectivity index (χ0n) is 17.3. The van der Waals surface area contributed by atoms with Gasteiger partial charge in [-0.3, -0.25) is 0 Å². The summed E-state index contributed by atoms with van der Waals surface area (Å²) in [7, 11) is 0. The highest BCUT2D eigenvalue weighted by Crippen LogP contribution is 2.45. The van der Waals surface area contributed by atoms with Gasteiger partial charge in [0.1, 0.15) is 0 Å². The summed E-state index contributed by atoms with van der Waals surface area (Å²) in [5, 5.41) is 5.27. The standard InChI is InChI=1S/C30H19NS/c1-3-10-20(11-4-1)22-15-9-16-25-26-19-18-24-23-14-7-8-17-27(23)31(21-12-5-2-6-13-21)28(24)30(26)32-29(22)25/h1-19H. The van der Waals surface area contributed by atoms with Crippen molar-refractivity contribution in [1.29, 1.82) is 0 Å². The van der Waals surface area contributed by atoms with E-state index >= 15 is 0 Å². The van der Waals surface area contributed by atoms with Crippen LogP contribution in [0, 0.1) is 0 Å². The topological polar surface area (TPSA) is 4.93 Å². The van der Waals surface area contributed by atoms with Crippen molar-refractivity contribution in [1.82, 2.24) is 4.57 Å². The molecular weight excluding hydrogens is 406 g/mol. The first-order valence-electron chi connectivity index (χ1n) is 10.9. The predicted molar refractivity (Wildman–Crippen MR) is 139 cm³/mol. The highest BCUT2D eigenvalue weighted by molar-refractivity contribution is 7.27. The minimum atomic E-state index is 1.20. The maximum Gasteiger partial charge on any atom is 0.0719 e. The van der Waals surface area contributed by atoms with Crippen molar-refractivity contribution in [3.05, 3.63) is 115 Å². The van der Waals surface area contributed by atoms with Crippen LogP contribution in [0.25, 0.3) is 58.8 Å². The number of thiophene rings is 1. The van der Waals surface area contributed by atoms with E-state index in [0.29, 0.717) is 0 Å². The minimum Gasteiger partial charge on any atom is -0.308 e. The second kappa shape index (κ2) is 6.81. The van der Waals surface area contributed by atoms with E-state index in [1.807, 2.05) is 11.3 Å². The van der Waals surface area contributed by atoms with E-state index in [4.69, 9.17) is 0 Å². The molecule has 7 rings (SSSR count). The Morgan fingerprint density at radius 2 is 1.12 bits per heavy atom. The van der Waals surface area contributed by atoms with E-state index in [0.717, 1.165) is 0 Å². The fourth-order valence-corrected chi connectivity index (χ4v) is 6.37. The van der Waals surface area contributed by atoms with Crippen LogP contribution < -0.4 is 0 Å². The Labute approximate surface area is 189 Å². The highest BCUT2D eigenvalue weighted by atomic mass is 32.1. The lowest BCUT2D eigenvalue weighted by Gasteiger charge is -2.08. The fourth-order valence-electron chi connectivity index (χ4n) is 4.99.